The summed E-state index contributed by atoms with van der Waals surface area (Å²) in [5.41, 5.74) is 2.40. The van der Waals surface area contributed by atoms with Gasteiger partial charge in [0, 0.05) is 30.4 Å². The first kappa shape index (κ1) is 16.8. The van der Waals surface area contributed by atoms with E-state index in [1.54, 1.807) is 4.90 Å². The average Bonchev–Trinajstić information content (AvgIpc) is 3.34. The Kier molecular flexibility index (Phi) is 4.76. The van der Waals surface area contributed by atoms with Crippen LogP contribution in [0.1, 0.15) is 32.3 Å². The zero-order valence-electron chi connectivity index (χ0n) is 14.5. The van der Waals surface area contributed by atoms with Crippen LogP contribution in [0.2, 0.25) is 0 Å². The van der Waals surface area contributed by atoms with E-state index in [4.69, 9.17) is 4.74 Å². The second-order valence-electron chi connectivity index (χ2n) is 6.89. The van der Waals surface area contributed by atoms with E-state index in [9.17, 15) is 9.59 Å². The molecular weight excluding hydrogens is 306 g/mol. The first-order chi connectivity index (χ1) is 11.4. The predicted molar refractivity (Wildman–Crippen MR) is 93.1 cm³/mol. The molecule has 1 aromatic rings. The Bertz CT molecular complexity index is 632. The Balaban J connectivity index is 1.66. The minimum atomic E-state index is -0.134. The summed E-state index contributed by atoms with van der Waals surface area (Å²) in [5.74, 6) is 0.215. The zero-order valence-corrected chi connectivity index (χ0v) is 14.5. The molecular formula is C18H25N3O3. The van der Waals surface area contributed by atoms with Gasteiger partial charge in [-0.05, 0) is 51.3 Å². The largest absolute Gasteiger partial charge is 0.372 e. The lowest BCUT2D eigenvalue weighted by molar-refractivity contribution is -0.117. The van der Waals surface area contributed by atoms with Gasteiger partial charge in [0.25, 0.3) is 0 Å². The molecule has 3 rings (SSSR count). The fourth-order valence-electron chi connectivity index (χ4n) is 2.96. The number of rotatable bonds is 3. The number of carbonyl (C=O) groups excluding carboxylic acids is 2. The summed E-state index contributed by atoms with van der Waals surface area (Å²) in [6, 6.07) is 5.46. The molecule has 0 unspecified atom stereocenters. The molecule has 2 atom stereocenters. The number of nitrogens with zero attached hydrogens (tertiary/aromatic N) is 1. The molecule has 2 aliphatic rings. The third-order valence-electron chi connectivity index (χ3n) is 4.40. The van der Waals surface area contributed by atoms with E-state index >= 15 is 0 Å². The van der Waals surface area contributed by atoms with Crippen LogP contribution in [-0.2, 0) is 9.53 Å². The van der Waals surface area contributed by atoms with Gasteiger partial charge >= 0.3 is 6.03 Å². The van der Waals surface area contributed by atoms with Crippen molar-refractivity contribution in [3.8, 4) is 0 Å². The van der Waals surface area contributed by atoms with Crippen molar-refractivity contribution in [1.29, 1.82) is 0 Å². The molecule has 1 aromatic carbocycles. The average molecular weight is 331 g/mol. The summed E-state index contributed by atoms with van der Waals surface area (Å²) in [4.78, 5) is 26.2. The molecule has 0 spiro atoms. The topological polar surface area (TPSA) is 70.7 Å². The molecule has 0 bridgehead atoms. The summed E-state index contributed by atoms with van der Waals surface area (Å²) in [6.07, 6.45) is 2.00. The smallest absolute Gasteiger partial charge is 0.322 e. The van der Waals surface area contributed by atoms with Crippen LogP contribution in [0.25, 0.3) is 0 Å². The normalized spacial score (nSPS) is 23.7. The molecule has 6 nitrogen and oxygen atoms in total. The van der Waals surface area contributed by atoms with E-state index in [-0.39, 0.29) is 30.1 Å². The molecule has 1 heterocycles. The van der Waals surface area contributed by atoms with E-state index in [1.165, 1.54) is 0 Å². The summed E-state index contributed by atoms with van der Waals surface area (Å²) in [7, 11) is 0. The van der Waals surface area contributed by atoms with Crippen molar-refractivity contribution in [3.05, 3.63) is 23.8 Å². The van der Waals surface area contributed by atoms with Gasteiger partial charge in [0.05, 0.1) is 12.2 Å². The Morgan fingerprint density at radius 1 is 1.12 bits per heavy atom. The number of carbonyl (C=O) groups is 2. The molecule has 2 N–H and O–H groups in total. The van der Waals surface area contributed by atoms with Crippen molar-refractivity contribution in [2.75, 3.05) is 23.7 Å². The van der Waals surface area contributed by atoms with E-state index in [2.05, 4.69) is 10.6 Å². The maximum Gasteiger partial charge on any atom is 0.322 e. The zero-order chi connectivity index (χ0) is 17.3. The van der Waals surface area contributed by atoms with Gasteiger partial charge in [0.15, 0.2) is 0 Å². The number of morpholine rings is 1. The molecule has 6 heteroatoms. The number of benzene rings is 1. The minimum absolute atomic E-state index is 0.0322. The SMILES string of the molecule is Cc1ccc(NC(=O)C2CC2)cc1NC(=O)N1C[C@@H](C)O[C@@H](C)C1. The lowest BCUT2D eigenvalue weighted by Crippen LogP contribution is -2.49. The highest BCUT2D eigenvalue weighted by Gasteiger charge is 2.30. The van der Waals surface area contributed by atoms with Crippen molar-refractivity contribution >= 4 is 23.3 Å². The maximum atomic E-state index is 12.5. The van der Waals surface area contributed by atoms with Gasteiger partial charge < -0.3 is 20.3 Å². The van der Waals surface area contributed by atoms with E-state index < -0.39 is 0 Å². The van der Waals surface area contributed by atoms with Gasteiger partial charge in [-0.1, -0.05) is 6.07 Å². The molecule has 3 amide bonds. The van der Waals surface area contributed by atoms with Crippen molar-refractivity contribution in [1.82, 2.24) is 4.90 Å². The molecule has 24 heavy (non-hydrogen) atoms. The highest BCUT2D eigenvalue weighted by Crippen LogP contribution is 2.31. The molecule has 130 valence electrons. The fourth-order valence-corrected chi connectivity index (χ4v) is 2.96. The van der Waals surface area contributed by atoms with Crippen molar-refractivity contribution in [2.45, 2.75) is 45.8 Å². The molecule has 1 aliphatic carbocycles. The highest BCUT2D eigenvalue weighted by atomic mass is 16.5. The molecule has 0 aromatic heterocycles. The van der Waals surface area contributed by atoms with Gasteiger partial charge in [-0.3, -0.25) is 4.79 Å². The Labute approximate surface area is 142 Å². The van der Waals surface area contributed by atoms with E-state index in [1.807, 2.05) is 39.0 Å². The lowest BCUT2D eigenvalue weighted by atomic mass is 10.1. The van der Waals surface area contributed by atoms with Crippen molar-refractivity contribution in [2.24, 2.45) is 5.92 Å². The summed E-state index contributed by atoms with van der Waals surface area (Å²) >= 11 is 0. The second-order valence-corrected chi connectivity index (χ2v) is 6.89. The molecule has 1 saturated carbocycles. The number of ether oxygens (including phenoxy) is 1. The minimum Gasteiger partial charge on any atom is -0.372 e. The van der Waals surface area contributed by atoms with Gasteiger partial charge in [0.2, 0.25) is 5.91 Å². The monoisotopic (exact) mass is 331 g/mol. The van der Waals surface area contributed by atoms with Crippen LogP contribution in [-0.4, -0.2) is 42.1 Å². The molecule has 1 saturated heterocycles. The van der Waals surface area contributed by atoms with Crippen LogP contribution in [0.4, 0.5) is 16.2 Å². The second kappa shape index (κ2) is 6.81. The quantitative estimate of drug-likeness (QED) is 0.894. The van der Waals surface area contributed by atoms with Gasteiger partial charge in [-0.15, -0.1) is 0 Å². The van der Waals surface area contributed by atoms with E-state index in [0.717, 1.165) is 29.8 Å². The number of nitrogens with one attached hydrogen (secondary N) is 2. The molecule has 0 radical (unpaired) electrons. The maximum absolute atomic E-state index is 12.5. The predicted octanol–water partition coefficient (Wildman–Crippen LogP) is 2.98. The standard InChI is InChI=1S/C18H25N3O3/c1-11-4-7-15(19-17(22)14-5-6-14)8-16(11)20-18(23)21-9-12(2)24-13(3)10-21/h4,7-8,12-14H,5-6,9-10H2,1-3H3,(H,19,22)(H,20,23)/t12-,13+. The number of urea groups is 1. The number of aryl methyl sites for hydroxylation is 1. The highest BCUT2D eigenvalue weighted by molar-refractivity contribution is 5.96. The summed E-state index contributed by atoms with van der Waals surface area (Å²) in [6.45, 7) is 7.03. The summed E-state index contributed by atoms with van der Waals surface area (Å²) in [5, 5.41) is 5.87. The van der Waals surface area contributed by atoms with Gasteiger partial charge in [-0.2, -0.15) is 0 Å². The third-order valence-corrected chi connectivity index (χ3v) is 4.40. The Morgan fingerprint density at radius 2 is 1.79 bits per heavy atom. The fraction of sp³-hybridized carbons (Fsp3) is 0.556. The lowest BCUT2D eigenvalue weighted by Gasteiger charge is -2.35. The van der Waals surface area contributed by atoms with Crippen molar-refractivity contribution in [3.63, 3.8) is 0 Å². The van der Waals surface area contributed by atoms with Crippen LogP contribution in [0.5, 0.6) is 0 Å². The Morgan fingerprint density at radius 3 is 2.42 bits per heavy atom. The first-order valence-electron chi connectivity index (χ1n) is 8.55. The van der Waals surface area contributed by atoms with Gasteiger partial charge in [0.1, 0.15) is 0 Å². The van der Waals surface area contributed by atoms with Crippen LogP contribution < -0.4 is 10.6 Å². The van der Waals surface area contributed by atoms with Crippen LogP contribution in [0, 0.1) is 12.8 Å². The molecule has 1 aliphatic heterocycles. The summed E-state index contributed by atoms with van der Waals surface area (Å²) < 4.78 is 5.66. The van der Waals surface area contributed by atoms with Crippen LogP contribution >= 0.6 is 0 Å². The number of amides is 3. The molecule has 2 fully saturated rings. The number of hydrogen-bond donors (Lipinski definition) is 2. The number of hydrogen-bond acceptors (Lipinski definition) is 3. The first-order valence-corrected chi connectivity index (χ1v) is 8.55. The van der Waals surface area contributed by atoms with Crippen LogP contribution in [0.3, 0.4) is 0 Å². The Hall–Kier alpha value is -2.08. The van der Waals surface area contributed by atoms with Gasteiger partial charge in [-0.25, -0.2) is 4.79 Å². The van der Waals surface area contributed by atoms with E-state index in [0.29, 0.717) is 13.1 Å². The van der Waals surface area contributed by atoms with Crippen LogP contribution in [0.15, 0.2) is 18.2 Å². The number of anilines is 2. The van der Waals surface area contributed by atoms with Crippen molar-refractivity contribution < 1.29 is 14.3 Å². The third kappa shape index (κ3) is 4.06.